The molecule has 0 unspecified atom stereocenters. The quantitative estimate of drug-likeness (QED) is 0.862. The second kappa shape index (κ2) is 8.15. The Labute approximate surface area is 143 Å². The van der Waals surface area contributed by atoms with Gasteiger partial charge in [-0.3, -0.25) is 9.59 Å². The topological polar surface area (TPSA) is 67.9 Å². The van der Waals surface area contributed by atoms with E-state index >= 15 is 0 Å². The number of hydrogen-bond acceptors (Lipinski definition) is 4. The minimum atomic E-state index is -0.459. The lowest BCUT2D eigenvalue weighted by Crippen LogP contribution is -2.51. The van der Waals surface area contributed by atoms with Gasteiger partial charge in [-0.05, 0) is 37.5 Å². The number of hydrogen-bond donors (Lipinski definition) is 1. The molecule has 0 aromatic heterocycles. The van der Waals surface area contributed by atoms with Crippen LogP contribution in [0.2, 0.25) is 0 Å². The van der Waals surface area contributed by atoms with E-state index in [2.05, 4.69) is 5.32 Å². The highest BCUT2D eigenvalue weighted by molar-refractivity contribution is 5.94. The molecule has 0 radical (unpaired) electrons. The number of piperidine rings is 1. The molecule has 1 aliphatic heterocycles. The highest BCUT2D eigenvalue weighted by atomic mass is 16.5. The average Bonchev–Trinajstić information content (AvgIpc) is 2.65. The van der Waals surface area contributed by atoms with Crippen LogP contribution in [0, 0.1) is 0 Å². The van der Waals surface area contributed by atoms with Crippen molar-refractivity contribution < 1.29 is 19.1 Å². The molecule has 132 valence electrons. The molecule has 1 N–H and O–H groups in total. The number of carbonyl (C=O) groups is 2. The van der Waals surface area contributed by atoms with Gasteiger partial charge >= 0.3 is 0 Å². The molecule has 0 bridgehead atoms. The molecule has 1 aromatic carbocycles. The summed E-state index contributed by atoms with van der Waals surface area (Å²) in [4.78, 5) is 26.2. The van der Waals surface area contributed by atoms with Crippen LogP contribution < -0.4 is 10.1 Å². The van der Waals surface area contributed by atoms with Crippen LogP contribution >= 0.6 is 0 Å². The zero-order chi connectivity index (χ0) is 17.6. The van der Waals surface area contributed by atoms with Gasteiger partial charge in [0.2, 0.25) is 5.91 Å². The summed E-state index contributed by atoms with van der Waals surface area (Å²) in [7, 11) is 4.86. The van der Waals surface area contributed by atoms with Crippen LogP contribution in [0.15, 0.2) is 24.3 Å². The Morgan fingerprint density at radius 2 is 2.12 bits per heavy atom. The standard InChI is InChI=1S/C18H26N2O4/c1-19-16(21)8-10-18(24-3)9-5-11-20(13-18)17(22)14-6-4-7-15(12-14)23-2/h4,6-7,12H,5,8-11,13H2,1-3H3,(H,19,21)/t18-/m0/s1. The lowest BCUT2D eigenvalue weighted by molar-refractivity contribution is -0.123. The van der Waals surface area contributed by atoms with Crippen molar-refractivity contribution in [2.24, 2.45) is 0 Å². The maximum absolute atomic E-state index is 12.8. The van der Waals surface area contributed by atoms with Crippen LogP contribution in [-0.4, -0.2) is 56.7 Å². The number of nitrogens with one attached hydrogen (secondary N) is 1. The van der Waals surface area contributed by atoms with Gasteiger partial charge in [-0.25, -0.2) is 0 Å². The van der Waals surface area contributed by atoms with Crippen molar-refractivity contribution in [1.82, 2.24) is 10.2 Å². The Morgan fingerprint density at radius 1 is 1.33 bits per heavy atom. The molecule has 2 rings (SSSR count). The number of ether oxygens (including phenoxy) is 2. The van der Waals surface area contributed by atoms with Crippen molar-refractivity contribution in [2.45, 2.75) is 31.3 Å². The van der Waals surface area contributed by atoms with Crippen LogP contribution in [0.5, 0.6) is 5.75 Å². The number of nitrogens with zero attached hydrogens (tertiary/aromatic N) is 1. The Kier molecular flexibility index (Phi) is 6.20. The maximum atomic E-state index is 12.8. The van der Waals surface area contributed by atoms with Gasteiger partial charge < -0.3 is 19.7 Å². The number of benzene rings is 1. The van der Waals surface area contributed by atoms with Crippen LogP contribution in [0.4, 0.5) is 0 Å². The fourth-order valence-corrected chi connectivity index (χ4v) is 3.15. The summed E-state index contributed by atoms with van der Waals surface area (Å²) in [5, 5.41) is 2.63. The molecule has 24 heavy (non-hydrogen) atoms. The number of amides is 2. The van der Waals surface area contributed by atoms with Crippen LogP contribution in [-0.2, 0) is 9.53 Å². The number of rotatable bonds is 6. The molecule has 0 aliphatic carbocycles. The zero-order valence-corrected chi connectivity index (χ0v) is 14.6. The molecule has 0 spiro atoms. The summed E-state index contributed by atoms with van der Waals surface area (Å²) in [5.74, 6) is 0.619. The summed E-state index contributed by atoms with van der Waals surface area (Å²) >= 11 is 0. The third-order valence-electron chi connectivity index (χ3n) is 4.66. The zero-order valence-electron chi connectivity index (χ0n) is 14.6. The fourth-order valence-electron chi connectivity index (χ4n) is 3.15. The summed E-state index contributed by atoms with van der Waals surface area (Å²) in [5.41, 5.74) is 0.145. The molecule has 6 heteroatoms. The van der Waals surface area contributed by atoms with Gasteiger partial charge in [0.1, 0.15) is 5.75 Å². The molecular weight excluding hydrogens is 308 g/mol. The van der Waals surface area contributed by atoms with Crippen LogP contribution in [0.3, 0.4) is 0 Å². The van der Waals surface area contributed by atoms with Gasteiger partial charge in [-0.1, -0.05) is 6.07 Å². The highest BCUT2D eigenvalue weighted by Gasteiger charge is 2.37. The molecule has 2 amide bonds. The van der Waals surface area contributed by atoms with Gasteiger partial charge in [0, 0.05) is 39.2 Å². The first-order valence-electron chi connectivity index (χ1n) is 8.22. The summed E-state index contributed by atoms with van der Waals surface area (Å²) in [6, 6.07) is 7.16. The third kappa shape index (κ3) is 4.26. The number of likely N-dealkylation sites (tertiary alicyclic amines) is 1. The Bertz CT molecular complexity index is 590. The lowest BCUT2D eigenvalue weighted by atomic mass is 9.87. The highest BCUT2D eigenvalue weighted by Crippen LogP contribution is 2.30. The monoisotopic (exact) mass is 334 g/mol. The second-order valence-corrected chi connectivity index (χ2v) is 6.12. The molecular formula is C18H26N2O4. The van der Waals surface area contributed by atoms with E-state index in [-0.39, 0.29) is 11.8 Å². The van der Waals surface area contributed by atoms with Crippen molar-refractivity contribution in [2.75, 3.05) is 34.4 Å². The van der Waals surface area contributed by atoms with Crippen LogP contribution in [0.25, 0.3) is 0 Å². The van der Waals surface area contributed by atoms with Crippen molar-refractivity contribution in [1.29, 1.82) is 0 Å². The SMILES string of the molecule is CNC(=O)CC[C@@]1(OC)CCCN(C(=O)c2cccc(OC)c2)C1. The largest absolute Gasteiger partial charge is 0.497 e. The predicted octanol–water partition coefficient (Wildman–Crippen LogP) is 1.84. The number of carbonyl (C=O) groups excluding carboxylic acids is 2. The third-order valence-corrected chi connectivity index (χ3v) is 4.66. The number of methoxy groups -OCH3 is 2. The first-order valence-corrected chi connectivity index (χ1v) is 8.22. The summed E-state index contributed by atoms with van der Waals surface area (Å²) < 4.78 is 10.9. The minimum Gasteiger partial charge on any atom is -0.497 e. The predicted molar refractivity (Wildman–Crippen MR) is 91.2 cm³/mol. The maximum Gasteiger partial charge on any atom is 0.254 e. The van der Waals surface area contributed by atoms with E-state index in [1.165, 1.54) is 0 Å². The van der Waals surface area contributed by atoms with Gasteiger partial charge in [0.25, 0.3) is 5.91 Å². The smallest absolute Gasteiger partial charge is 0.254 e. The van der Waals surface area contributed by atoms with E-state index in [1.807, 2.05) is 17.0 Å². The van der Waals surface area contributed by atoms with E-state index < -0.39 is 5.60 Å². The van der Waals surface area contributed by atoms with Crippen LogP contribution in [0.1, 0.15) is 36.0 Å². The van der Waals surface area contributed by atoms with Crippen molar-refractivity contribution >= 4 is 11.8 Å². The van der Waals surface area contributed by atoms with E-state index in [1.54, 1.807) is 33.4 Å². The summed E-state index contributed by atoms with van der Waals surface area (Å²) in [6.45, 7) is 1.19. The normalized spacial score (nSPS) is 20.5. The first kappa shape index (κ1) is 18.3. The first-order chi connectivity index (χ1) is 11.5. The minimum absolute atomic E-state index is 0.0114. The van der Waals surface area contributed by atoms with Crippen molar-refractivity contribution in [3.63, 3.8) is 0 Å². The van der Waals surface area contributed by atoms with Gasteiger partial charge in [-0.2, -0.15) is 0 Å². The van der Waals surface area contributed by atoms with E-state index in [9.17, 15) is 9.59 Å². The second-order valence-electron chi connectivity index (χ2n) is 6.12. The lowest BCUT2D eigenvalue weighted by Gasteiger charge is -2.42. The van der Waals surface area contributed by atoms with Gasteiger partial charge in [0.15, 0.2) is 0 Å². The van der Waals surface area contributed by atoms with E-state index in [0.29, 0.717) is 37.2 Å². The molecule has 1 aliphatic rings. The van der Waals surface area contributed by atoms with Crippen molar-refractivity contribution in [3.05, 3.63) is 29.8 Å². The molecule has 1 saturated heterocycles. The average molecular weight is 334 g/mol. The Hall–Kier alpha value is -2.08. The summed E-state index contributed by atoms with van der Waals surface area (Å²) in [6.07, 6.45) is 2.70. The molecule has 6 nitrogen and oxygen atoms in total. The molecule has 1 atom stereocenters. The van der Waals surface area contributed by atoms with Gasteiger partial charge in [-0.15, -0.1) is 0 Å². The molecule has 1 fully saturated rings. The van der Waals surface area contributed by atoms with Crippen molar-refractivity contribution in [3.8, 4) is 5.75 Å². The molecule has 0 saturated carbocycles. The molecule has 1 aromatic rings. The van der Waals surface area contributed by atoms with E-state index in [0.717, 1.165) is 12.8 Å². The Morgan fingerprint density at radius 3 is 2.79 bits per heavy atom. The molecule has 1 heterocycles. The Balaban J connectivity index is 2.10. The van der Waals surface area contributed by atoms with Gasteiger partial charge in [0.05, 0.1) is 12.7 Å². The fraction of sp³-hybridized carbons (Fsp3) is 0.556. The van der Waals surface area contributed by atoms with E-state index in [4.69, 9.17) is 9.47 Å².